The van der Waals surface area contributed by atoms with E-state index in [-0.39, 0.29) is 12.2 Å². The Hall–Kier alpha value is -0.120. The smallest absolute Gasteiger partial charge is 0.0975 e. The molecule has 0 aromatic rings. The van der Waals surface area contributed by atoms with Crippen LogP contribution < -0.4 is 0 Å². The minimum Gasteiger partial charge on any atom is -0.374 e. The van der Waals surface area contributed by atoms with E-state index in [0.29, 0.717) is 0 Å². The van der Waals surface area contributed by atoms with Crippen molar-refractivity contribution in [2.45, 2.75) is 232 Å². The monoisotopic (exact) mass is 622 g/mol. The molecule has 1 aliphatic heterocycles. The maximum absolute atomic E-state index is 6.32. The Morgan fingerprint density at radius 3 is 0.773 bits per heavy atom. The van der Waals surface area contributed by atoms with E-state index in [0.717, 1.165) is 26.3 Å². The summed E-state index contributed by atoms with van der Waals surface area (Å²) in [5, 5.41) is 0. The van der Waals surface area contributed by atoms with Crippen molar-refractivity contribution in [3.63, 3.8) is 0 Å². The third kappa shape index (κ3) is 28.1. The first-order valence-electron chi connectivity index (χ1n) is 20.7. The maximum atomic E-state index is 6.32. The van der Waals surface area contributed by atoms with E-state index in [1.807, 2.05) is 0 Å². The van der Waals surface area contributed by atoms with E-state index in [1.165, 1.54) is 205 Å². The number of rotatable bonds is 36. The van der Waals surface area contributed by atoms with E-state index in [1.54, 1.807) is 0 Å². The molecule has 3 nitrogen and oxygen atoms in total. The summed E-state index contributed by atoms with van der Waals surface area (Å²) in [5.41, 5.74) is 0. The molecule has 0 aliphatic carbocycles. The molecule has 0 amide bonds. The molecule has 0 bridgehead atoms. The molecule has 264 valence electrons. The fourth-order valence-electron chi connectivity index (χ4n) is 7.01. The lowest BCUT2D eigenvalue weighted by molar-refractivity contribution is -0.0481. The normalized spacial score (nSPS) is 17.2. The molecule has 3 heteroatoms. The van der Waals surface area contributed by atoms with E-state index >= 15 is 0 Å². The Morgan fingerprint density at radius 1 is 0.341 bits per heavy atom. The summed E-state index contributed by atoms with van der Waals surface area (Å²) in [6, 6.07) is 0. The second-order valence-corrected chi connectivity index (χ2v) is 14.6. The third-order valence-corrected chi connectivity index (χ3v) is 10.1. The van der Waals surface area contributed by atoms with Gasteiger partial charge in [-0.05, 0) is 19.9 Å². The van der Waals surface area contributed by atoms with Crippen LogP contribution in [-0.2, 0) is 9.47 Å². The average Bonchev–Trinajstić information content (AvgIpc) is 3.38. The molecule has 0 unspecified atom stereocenters. The molecule has 0 saturated carbocycles. The first kappa shape index (κ1) is 41.9. The van der Waals surface area contributed by atoms with Gasteiger partial charge < -0.3 is 14.4 Å². The van der Waals surface area contributed by atoms with Gasteiger partial charge in [0.25, 0.3) is 0 Å². The van der Waals surface area contributed by atoms with Crippen molar-refractivity contribution in [1.82, 2.24) is 4.90 Å². The van der Waals surface area contributed by atoms with Gasteiger partial charge >= 0.3 is 0 Å². The van der Waals surface area contributed by atoms with Crippen molar-refractivity contribution < 1.29 is 9.47 Å². The Morgan fingerprint density at radius 2 is 0.545 bits per heavy atom. The van der Waals surface area contributed by atoms with Gasteiger partial charge in [0.05, 0.1) is 12.2 Å². The predicted octanol–water partition coefficient (Wildman–Crippen LogP) is 13.2. The minimum absolute atomic E-state index is 0.275. The largest absolute Gasteiger partial charge is 0.374 e. The molecule has 2 atom stereocenters. The molecular formula is C41H83NO2. The van der Waals surface area contributed by atoms with Crippen molar-refractivity contribution in [1.29, 1.82) is 0 Å². The third-order valence-electron chi connectivity index (χ3n) is 10.1. The summed E-state index contributed by atoms with van der Waals surface area (Å²) in [5.74, 6) is 0. The van der Waals surface area contributed by atoms with Gasteiger partial charge in [-0.25, -0.2) is 0 Å². The zero-order valence-corrected chi connectivity index (χ0v) is 30.9. The van der Waals surface area contributed by atoms with Gasteiger partial charge in [0.1, 0.15) is 0 Å². The SMILES string of the molecule is CCCCCCCCCCCCCCCCCCO[C@@H]1CN(C)C[C@H]1OCCCCCCCCCCCCCCCCCC. The van der Waals surface area contributed by atoms with Crippen molar-refractivity contribution in [3.8, 4) is 0 Å². The second-order valence-electron chi connectivity index (χ2n) is 14.6. The zero-order valence-electron chi connectivity index (χ0n) is 30.9. The highest BCUT2D eigenvalue weighted by molar-refractivity contribution is 4.84. The van der Waals surface area contributed by atoms with Gasteiger partial charge in [-0.2, -0.15) is 0 Å². The predicted molar refractivity (Wildman–Crippen MR) is 196 cm³/mol. The fourth-order valence-corrected chi connectivity index (χ4v) is 7.01. The van der Waals surface area contributed by atoms with Crippen molar-refractivity contribution >= 4 is 0 Å². The molecule has 0 spiro atoms. The van der Waals surface area contributed by atoms with Crippen LogP contribution in [0.1, 0.15) is 219 Å². The summed E-state index contributed by atoms with van der Waals surface area (Å²) in [4.78, 5) is 2.39. The molecule has 1 saturated heterocycles. The average molecular weight is 622 g/mol. The van der Waals surface area contributed by atoms with Crippen molar-refractivity contribution in [2.75, 3.05) is 33.4 Å². The van der Waals surface area contributed by atoms with Crippen LogP contribution in [-0.4, -0.2) is 50.5 Å². The Kier molecular flexibility index (Phi) is 32.6. The summed E-state index contributed by atoms with van der Waals surface area (Å²) in [7, 11) is 2.21. The topological polar surface area (TPSA) is 21.7 Å². The van der Waals surface area contributed by atoms with Crippen LogP contribution in [0.15, 0.2) is 0 Å². The number of nitrogens with zero attached hydrogens (tertiary/aromatic N) is 1. The summed E-state index contributed by atoms with van der Waals surface area (Å²) in [6.07, 6.45) is 45.9. The van der Waals surface area contributed by atoms with Crippen LogP contribution >= 0.6 is 0 Å². The van der Waals surface area contributed by atoms with Gasteiger partial charge in [-0.1, -0.05) is 206 Å². The highest BCUT2D eigenvalue weighted by Gasteiger charge is 2.32. The van der Waals surface area contributed by atoms with Crippen LogP contribution in [0.25, 0.3) is 0 Å². The van der Waals surface area contributed by atoms with Gasteiger partial charge in [0.2, 0.25) is 0 Å². The lowest BCUT2D eigenvalue weighted by Crippen LogP contribution is -2.30. The number of unbranched alkanes of at least 4 members (excludes halogenated alkanes) is 30. The lowest BCUT2D eigenvalue weighted by atomic mass is 10.0. The molecule has 0 aromatic heterocycles. The molecule has 1 aliphatic rings. The Labute approximate surface area is 278 Å². The second kappa shape index (κ2) is 34.2. The first-order valence-corrected chi connectivity index (χ1v) is 20.7. The van der Waals surface area contributed by atoms with Crippen LogP contribution in [0.2, 0.25) is 0 Å². The molecule has 0 aromatic carbocycles. The van der Waals surface area contributed by atoms with Crippen molar-refractivity contribution in [2.24, 2.45) is 0 Å². The summed E-state index contributed by atoms with van der Waals surface area (Å²) >= 11 is 0. The number of likely N-dealkylation sites (tertiary alicyclic amines) is 1. The highest BCUT2D eigenvalue weighted by Crippen LogP contribution is 2.19. The maximum Gasteiger partial charge on any atom is 0.0975 e. The Bertz CT molecular complexity index is 495. The number of hydrogen-bond donors (Lipinski definition) is 0. The van der Waals surface area contributed by atoms with E-state index in [2.05, 4.69) is 25.8 Å². The van der Waals surface area contributed by atoms with Crippen LogP contribution in [0, 0.1) is 0 Å². The minimum atomic E-state index is 0.275. The number of likely N-dealkylation sites (N-methyl/N-ethyl adjacent to an activating group) is 1. The van der Waals surface area contributed by atoms with Crippen LogP contribution in [0.4, 0.5) is 0 Å². The fraction of sp³-hybridized carbons (Fsp3) is 1.00. The summed E-state index contributed by atoms with van der Waals surface area (Å²) < 4.78 is 12.6. The lowest BCUT2D eigenvalue weighted by Gasteiger charge is -2.20. The van der Waals surface area contributed by atoms with E-state index in [4.69, 9.17) is 9.47 Å². The van der Waals surface area contributed by atoms with E-state index < -0.39 is 0 Å². The quantitative estimate of drug-likeness (QED) is 0.0650. The molecule has 1 heterocycles. The van der Waals surface area contributed by atoms with Gasteiger partial charge in [-0.15, -0.1) is 0 Å². The van der Waals surface area contributed by atoms with Gasteiger partial charge in [0, 0.05) is 26.3 Å². The molecular weight excluding hydrogens is 538 g/mol. The highest BCUT2D eigenvalue weighted by atomic mass is 16.5. The van der Waals surface area contributed by atoms with Gasteiger partial charge in [-0.3, -0.25) is 0 Å². The number of ether oxygens (including phenoxy) is 2. The number of hydrogen-bond acceptors (Lipinski definition) is 3. The molecule has 1 fully saturated rings. The molecule has 0 radical (unpaired) electrons. The zero-order chi connectivity index (χ0) is 31.6. The Balaban J connectivity index is 1.83. The summed E-state index contributed by atoms with van der Waals surface area (Å²) in [6.45, 7) is 8.49. The van der Waals surface area contributed by atoms with Crippen LogP contribution in [0.5, 0.6) is 0 Å². The van der Waals surface area contributed by atoms with Crippen LogP contribution in [0.3, 0.4) is 0 Å². The molecule has 44 heavy (non-hydrogen) atoms. The standard InChI is InChI=1S/C41H83NO2/c1-4-6-8-10-12-14-16-18-20-22-24-26-28-30-32-34-36-43-40-38-42(3)39-41(40)44-37-35-33-31-29-27-25-23-21-19-17-15-13-11-9-7-5-2/h40-41H,4-39H2,1-3H3/t40-,41-/m1/s1. The van der Waals surface area contributed by atoms with Crippen molar-refractivity contribution in [3.05, 3.63) is 0 Å². The first-order chi connectivity index (χ1) is 21.8. The van der Waals surface area contributed by atoms with E-state index in [9.17, 15) is 0 Å². The van der Waals surface area contributed by atoms with Gasteiger partial charge in [0.15, 0.2) is 0 Å². The molecule has 1 rings (SSSR count). The molecule has 0 N–H and O–H groups in total.